The smallest absolute Gasteiger partial charge is 0.251 e. The van der Waals surface area contributed by atoms with Gasteiger partial charge in [0.05, 0.1) is 0 Å². The molecule has 2 heterocycles. The van der Waals surface area contributed by atoms with E-state index in [1.165, 1.54) is 11.1 Å². The predicted octanol–water partition coefficient (Wildman–Crippen LogP) is 4.84. The van der Waals surface area contributed by atoms with Crippen LogP contribution in [0.2, 0.25) is 0 Å². The molecule has 0 saturated carbocycles. The summed E-state index contributed by atoms with van der Waals surface area (Å²) in [6, 6.07) is 10.1. The predicted molar refractivity (Wildman–Crippen MR) is 114 cm³/mol. The Kier molecular flexibility index (Phi) is 6.29. The van der Waals surface area contributed by atoms with Gasteiger partial charge in [-0.3, -0.25) is 9.69 Å². The van der Waals surface area contributed by atoms with Gasteiger partial charge >= 0.3 is 0 Å². The van der Waals surface area contributed by atoms with Gasteiger partial charge in [0.25, 0.3) is 5.91 Å². The quantitative estimate of drug-likeness (QED) is 0.805. The van der Waals surface area contributed by atoms with Crippen molar-refractivity contribution in [1.82, 2.24) is 10.2 Å². The van der Waals surface area contributed by atoms with Crippen LogP contribution in [0, 0.1) is 19.8 Å². The van der Waals surface area contributed by atoms with Gasteiger partial charge in [0.1, 0.15) is 11.5 Å². The Hall–Kier alpha value is -2.07. The van der Waals surface area contributed by atoms with Crippen LogP contribution in [0.1, 0.15) is 66.6 Å². The van der Waals surface area contributed by atoms with Crippen LogP contribution in [-0.4, -0.2) is 30.4 Å². The first-order valence-corrected chi connectivity index (χ1v) is 10.4. The molecule has 28 heavy (non-hydrogen) atoms. The number of hydrogen-bond acceptors (Lipinski definition) is 3. The Morgan fingerprint density at radius 2 is 1.79 bits per heavy atom. The highest BCUT2D eigenvalue weighted by atomic mass is 16.3. The van der Waals surface area contributed by atoms with E-state index >= 15 is 0 Å². The van der Waals surface area contributed by atoms with E-state index in [0.717, 1.165) is 56.1 Å². The van der Waals surface area contributed by atoms with Crippen molar-refractivity contribution in [3.8, 4) is 0 Å². The number of piperidine rings is 1. The molecule has 0 spiro atoms. The fourth-order valence-corrected chi connectivity index (χ4v) is 3.89. The van der Waals surface area contributed by atoms with Gasteiger partial charge in [0.2, 0.25) is 0 Å². The number of carbonyl (C=O) groups excluding carboxylic acids is 1. The minimum atomic E-state index is 0.0346. The number of likely N-dealkylation sites (tertiary alicyclic amines) is 1. The Labute approximate surface area is 169 Å². The lowest BCUT2D eigenvalue weighted by Gasteiger charge is -2.31. The van der Waals surface area contributed by atoms with Crippen LogP contribution < -0.4 is 5.32 Å². The first-order valence-electron chi connectivity index (χ1n) is 10.4. The van der Waals surface area contributed by atoms with E-state index in [1.807, 2.05) is 26.0 Å². The molecule has 1 N–H and O–H groups in total. The lowest BCUT2D eigenvalue weighted by Crippen LogP contribution is -2.38. The summed E-state index contributed by atoms with van der Waals surface area (Å²) in [6.45, 7) is 14.5. The summed E-state index contributed by atoms with van der Waals surface area (Å²) in [7, 11) is 0. The molecule has 0 radical (unpaired) electrons. The van der Waals surface area contributed by atoms with Crippen LogP contribution in [0.5, 0.6) is 0 Å². The van der Waals surface area contributed by atoms with Crippen molar-refractivity contribution in [3.63, 3.8) is 0 Å². The molecule has 0 aliphatic carbocycles. The number of nitrogens with one attached hydrogen (secondary N) is 1. The number of aryl methyl sites for hydroxylation is 2. The van der Waals surface area contributed by atoms with E-state index in [9.17, 15) is 4.79 Å². The third-order valence-corrected chi connectivity index (χ3v) is 5.81. The standard InChI is InChI=1S/C24H34N2O2/c1-17-14-21(18(2)28-17)16-26-12-10-19(11-13-26)15-25-23(27)20-6-8-22(9-7-20)24(3,4)5/h6-9,14,19H,10-13,15-16H2,1-5H3,(H,25,27). The highest BCUT2D eigenvalue weighted by molar-refractivity contribution is 5.94. The van der Waals surface area contributed by atoms with Gasteiger partial charge in [-0.05, 0) is 74.9 Å². The number of furan rings is 1. The average molecular weight is 383 g/mol. The molecule has 0 atom stereocenters. The Balaban J connectivity index is 1.43. The molecule has 1 saturated heterocycles. The second kappa shape index (κ2) is 8.52. The third kappa shape index (κ3) is 5.26. The Morgan fingerprint density at radius 3 is 2.32 bits per heavy atom. The number of hydrogen-bond donors (Lipinski definition) is 1. The second-order valence-electron chi connectivity index (χ2n) is 9.20. The number of rotatable bonds is 5. The van der Waals surface area contributed by atoms with E-state index < -0.39 is 0 Å². The molecule has 3 rings (SSSR count). The average Bonchev–Trinajstić information content (AvgIpc) is 2.97. The minimum Gasteiger partial charge on any atom is -0.466 e. The highest BCUT2D eigenvalue weighted by Crippen LogP contribution is 2.23. The fourth-order valence-electron chi connectivity index (χ4n) is 3.89. The zero-order valence-electron chi connectivity index (χ0n) is 18.0. The van der Waals surface area contributed by atoms with Gasteiger partial charge in [-0.1, -0.05) is 32.9 Å². The van der Waals surface area contributed by atoms with E-state index in [1.54, 1.807) is 0 Å². The molecule has 4 nitrogen and oxygen atoms in total. The van der Waals surface area contributed by atoms with E-state index in [-0.39, 0.29) is 11.3 Å². The van der Waals surface area contributed by atoms with Gasteiger partial charge in [0, 0.05) is 24.2 Å². The largest absolute Gasteiger partial charge is 0.466 e. The molecule has 0 unspecified atom stereocenters. The van der Waals surface area contributed by atoms with Crippen LogP contribution in [-0.2, 0) is 12.0 Å². The lowest BCUT2D eigenvalue weighted by molar-refractivity contribution is 0.0935. The molecule has 2 aromatic rings. The van der Waals surface area contributed by atoms with Gasteiger partial charge in [-0.15, -0.1) is 0 Å². The van der Waals surface area contributed by atoms with Gasteiger partial charge in [-0.2, -0.15) is 0 Å². The van der Waals surface area contributed by atoms with Crippen LogP contribution in [0.4, 0.5) is 0 Å². The third-order valence-electron chi connectivity index (χ3n) is 5.81. The van der Waals surface area contributed by atoms with Crippen molar-refractivity contribution in [1.29, 1.82) is 0 Å². The van der Waals surface area contributed by atoms with Gasteiger partial charge in [0.15, 0.2) is 0 Å². The maximum atomic E-state index is 12.5. The molecule has 1 aliphatic heterocycles. The fraction of sp³-hybridized carbons (Fsp3) is 0.542. The maximum absolute atomic E-state index is 12.5. The molecular weight excluding hydrogens is 348 g/mol. The van der Waals surface area contributed by atoms with Crippen molar-refractivity contribution < 1.29 is 9.21 Å². The molecule has 1 fully saturated rings. The molecular formula is C24H34N2O2. The Bertz CT molecular complexity index is 791. The summed E-state index contributed by atoms with van der Waals surface area (Å²) >= 11 is 0. The van der Waals surface area contributed by atoms with Crippen molar-refractivity contribution in [3.05, 3.63) is 58.5 Å². The minimum absolute atomic E-state index is 0.0346. The van der Waals surface area contributed by atoms with E-state index in [2.05, 4.69) is 49.2 Å². The first-order chi connectivity index (χ1) is 13.2. The van der Waals surface area contributed by atoms with Crippen LogP contribution in [0.25, 0.3) is 0 Å². The lowest BCUT2D eigenvalue weighted by atomic mass is 9.86. The number of carbonyl (C=O) groups is 1. The maximum Gasteiger partial charge on any atom is 0.251 e. The van der Waals surface area contributed by atoms with Gasteiger partial charge < -0.3 is 9.73 Å². The van der Waals surface area contributed by atoms with Crippen molar-refractivity contribution in [2.75, 3.05) is 19.6 Å². The van der Waals surface area contributed by atoms with Crippen LogP contribution >= 0.6 is 0 Å². The number of nitrogens with zero attached hydrogens (tertiary/aromatic N) is 1. The summed E-state index contributed by atoms with van der Waals surface area (Å²) < 4.78 is 5.64. The van der Waals surface area contributed by atoms with Crippen molar-refractivity contribution in [2.24, 2.45) is 5.92 Å². The van der Waals surface area contributed by atoms with Crippen LogP contribution in [0.15, 0.2) is 34.7 Å². The normalized spacial score (nSPS) is 16.3. The molecule has 152 valence electrons. The highest BCUT2D eigenvalue weighted by Gasteiger charge is 2.21. The summed E-state index contributed by atoms with van der Waals surface area (Å²) in [5, 5.41) is 3.13. The van der Waals surface area contributed by atoms with E-state index in [0.29, 0.717) is 5.92 Å². The zero-order chi connectivity index (χ0) is 20.3. The zero-order valence-corrected chi connectivity index (χ0v) is 18.0. The summed E-state index contributed by atoms with van der Waals surface area (Å²) in [4.78, 5) is 14.9. The monoisotopic (exact) mass is 382 g/mol. The molecule has 0 bridgehead atoms. The SMILES string of the molecule is Cc1cc(CN2CCC(CNC(=O)c3ccc(C(C)(C)C)cc3)CC2)c(C)o1. The molecule has 1 amide bonds. The number of amides is 1. The topological polar surface area (TPSA) is 45.5 Å². The van der Waals surface area contributed by atoms with Gasteiger partial charge in [-0.25, -0.2) is 0 Å². The van der Waals surface area contributed by atoms with Crippen molar-refractivity contribution in [2.45, 2.75) is 59.4 Å². The van der Waals surface area contributed by atoms with E-state index in [4.69, 9.17) is 4.42 Å². The molecule has 1 aliphatic rings. The summed E-state index contributed by atoms with van der Waals surface area (Å²) in [5.74, 6) is 2.61. The number of benzene rings is 1. The summed E-state index contributed by atoms with van der Waals surface area (Å²) in [6.07, 6.45) is 2.25. The van der Waals surface area contributed by atoms with Crippen molar-refractivity contribution >= 4 is 5.91 Å². The van der Waals surface area contributed by atoms with Crippen LogP contribution in [0.3, 0.4) is 0 Å². The second-order valence-corrected chi connectivity index (χ2v) is 9.20. The molecule has 4 heteroatoms. The first kappa shape index (κ1) is 20.7. The molecule has 1 aromatic carbocycles. The Morgan fingerprint density at radius 1 is 1.14 bits per heavy atom. The summed E-state index contributed by atoms with van der Waals surface area (Å²) in [5.41, 5.74) is 3.40. The molecule has 1 aromatic heterocycles.